The molecule has 0 aliphatic rings. The molecule has 0 saturated carbocycles. The second-order valence-electron chi connectivity index (χ2n) is 4.81. The van der Waals surface area contributed by atoms with E-state index in [1.165, 1.54) is 13.2 Å². The number of nitrogens with one attached hydrogen (secondary N) is 1. The van der Waals surface area contributed by atoms with E-state index in [-0.39, 0.29) is 11.7 Å². The summed E-state index contributed by atoms with van der Waals surface area (Å²) in [5.41, 5.74) is 6.82. The topological polar surface area (TPSA) is 60.2 Å². The standard InChI is InChI=1S/C15H20FN3OS/c1-9(6-7-17)14-13(19-15(18-2)21-14)11-5-4-10(20-3)8-12(11)16/h4-5,8-9H,6-7,17H2,1-3H3,(H,18,19). The van der Waals surface area contributed by atoms with Gasteiger partial charge in [0.25, 0.3) is 0 Å². The van der Waals surface area contributed by atoms with Crippen LogP contribution in [0.25, 0.3) is 11.3 Å². The van der Waals surface area contributed by atoms with Crippen LogP contribution in [0.2, 0.25) is 0 Å². The van der Waals surface area contributed by atoms with E-state index in [1.807, 2.05) is 7.05 Å². The number of nitrogens with two attached hydrogens (primary N) is 1. The Morgan fingerprint density at radius 1 is 1.48 bits per heavy atom. The minimum absolute atomic E-state index is 0.242. The Hall–Kier alpha value is -1.66. The molecule has 1 unspecified atom stereocenters. The predicted octanol–water partition coefficient (Wildman–Crippen LogP) is 3.45. The first kappa shape index (κ1) is 15.7. The number of hydrogen-bond acceptors (Lipinski definition) is 5. The molecule has 1 heterocycles. The molecular weight excluding hydrogens is 289 g/mol. The van der Waals surface area contributed by atoms with Gasteiger partial charge in [-0.3, -0.25) is 0 Å². The van der Waals surface area contributed by atoms with Gasteiger partial charge in [0, 0.05) is 23.6 Å². The van der Waals surface area contributed by atoms with Crippen molar-refractivity contribution in [2.45, 2.75) is 19.3 Å². The molecule has 0 aliphatic heterocycles. The molecule has 0 spiro atoms. The Morgan fingerprint density at radius 3 is 2.81 bits per heavy atom. The number of thiazole rings is 1. The van der Waals surface area contributed by atoms with E-state index >= 15 is 0 Å². The van der Waals surface area contributed by atoms with Gasteiger partial charge < -0.3 is 15.8 Å². The van der Waals surface area contributed by atoms with Crippen LogP contribution >= 0.6 is 11.3 Å². The maximum absolute atomic E-state index is 14.3. The van der Waals surface area contributed by atoms with Gasteiger partial charge in [0.2, 0.25) is 0 Å². The molecular formula is C15H20FN3OS. The van der Waals surface area contributed by atoms with Crippen molar-refractivity contribution >= 4 is 16.5 Å². The first-order valence-electron chi connectivity index (χ1n) is 6.83. The van der Waals surface area contributed by atoms with Gasteiger partial charge in [-0.2, -0.15) is 0 Å². The van der Waals surface area contributed by atoms with E-state index in [2.05, 4.69) is 17.2 Å². The number of ether oxygens (including phenoxy) is 1. The van der Waals surface area contributed by atoms with Gasteiger partial charge in [-0.1, -0.05) is 6.92 Å². The van der Waals surface area contributed by atoms with Crippen molar-refractivity contribution in [1.29, 1.82) is 0 Å². The Bertz CT molecular complexity index is 615. The third-order valence-electron chi connectivity index (χ3n) is 3.35. The third kappa shape index (κ3) is 3.33. The van der Waals surface area contributed by atoms with E-state index < -0.39 is 0 Å². The van der Waals surface area contributed by atoms with Crippen LogP contribution in [0.3, 0.4) is 0 Å². The molecule has 1 atom stereocenters. The summed E-state index contributed by atoms with van der Waals surface area (Å²) < 4.78 is 19.3. The Balaban J connectivity index is 2.49. The summed E-state index contributed by atoms with van der Waals surface area (Å²) in [6, 6.07) is 4.83. The molecule has 1 aromatic heterocycles. The second-order valence-corrected chi connectivity index (χ2v) is 5.84. The lowest BCUT2D eigenvalue weighted by molar-refractivity contribution is 0.411. The summed E-state index contributed by atoms with van der Waals surface area (Å²) >= 11 is 1.55. The largest absolute Gasteiger partial charge is 0.497 e. The number of hydrogen-bond donors (Lipinski definition) is 2. The maximum Gasteiger partial charge on any atom is 0.183 e. The molecule has 2 rings (SSSR count). The van der Waals surface area contributed by atoms with E-state index in [0.29, 0.717) is 23.6 Å². The summed E-state index contributed by atoms with van der Waals surface area (Å²) in [5.74, 6) is 0.409. The number of rotatable bonds is 6. The van der Waals surface area contributed by atoms with Crippen LogP contribution in [0, 0.1) is 5.82 Å². The van der Waals surface area contributed by atoms with Crippen LogP contribution in [-0.4, -0.2) is 25.7 Å². The van der Waals surface area contributed by atoms with E-state index in [0.717, 1.165) is 16.4 Å². The highest BCUT2D eigenvalue weighted by Gasteiger charge is 2.20. The molecule has 1 aromatic carbocycles. The molecule has 0 radical (unpaired) electrons. The number of nitrogens with zero attached hydrogens (tertiary/aromatic N) is 1. The average Bonchev–Trinajstić information content (AvgIpc) is 2.91. The summed E-state index contributed by atoms with van der Waals surface area (Å²) in [7, 11) is 3.33. The minimum Gasteiger partial charge on any atom is -0.497 e. The zero-order valence-electron chi connectivity index (χ0n) is 12.4. The van der Waals surface area contributed by atoms with Crippen LogP contribution in [0.4, 0.5) is 9.52 Å². The molecule has 0 saturated heterocycles. The van der Waals surface area contributed by atoms with Crippen molar-refractivity contribution in [2.75, 3.05) is 26.0 Å². The van der Waals surface area contributed by atoms with Crippen molar-refractivity contribution in [3.63, 3.8) is 0 Å². The van der Waals surface area contributed by atoms with E-state index in [1.54, 1.807) is 23.5 Å². The molecule has 3 N–H and O–H groups in total. The van der Waals surface area contributed by atoms with E-state index in [9.17, 15) is 4.39 Å². The Labute approximate surface area is 128 Å². The number of benzene rings is 1. The van der Waals surface area contributed by atoms with Crippen molar-refractivity contribution in [2.24, 2.45) is 5.73 Å². The Kier molecular flexibility index (Phi) is 5.14. The molecule has 2 aromatic rings. The lowest BCUT2D eigenvalue weighted by Gasteiger charge is -2.11. The van der Waals surface area contributed by atoms with Crippen LogP contribution in [-0.2, 0) is 0 Å². The lowest BCUT2D eigenvalue weighted by Crippen LogP contribution is -2.04. The van der Waals surface area contributed by atoms with Crippen molar-refractivity contribution in [3.8, 4) is 17.0 Å². The van der Waals surface area contributed by atoms with Crippen molar-refractivity contribution in [3.05, 3.63) is 28.9 Å². The van der Waals surface area contributed by atoms with Crippen LogP contribution in [0.15, 0.2) is 18.2 Å². The summed E-state index contributed by atoms with van der Waals surface area (Å²) in [6.07, 6.45) is 0.843. The van der Waals surface area contributed by atoms with Crippen LogP contribution < -0.4 is 15.8 Å². The monoisotopic (exact) mass is 309 g/mol. The molecule has 0 bridgehead atoms. The van der Waals surface area contributed by atoms with Crippen molar-refractivity contribution in [1.82, 2.24) is 4.98 Å². The van der Waals surface area contributed by atoms with Crippen LogP contribution in [0.1, 0.15) is 24.1 Å². The highest BCUT2D eigenvalue weighted by molar-refractivity contribution is 7.16. The first-order valence-corrected chi connectivity index (χ1v) is 7.64. The zero-order valence-corrected chi connectivity index (χ0v) is 13.3. The van der Waals surface area contributed by atoms with Crippen molar-refractivity contribution < 1.29 is 9.13 Å². The Morgan fingerprint density at radius 2 is 2.24 bits per heavy atom. The van der Waals surface area contributed by atoms with E-state index in [4.69, 9.17) is 10.5 Å². The first-order chi connectivity index (χ1) is 10.1. The summed E-state index contributed by atoms with van der Waals surface area (Å²) in [6.45, 7) is 2.68. The molecule has 4 nitrogen and oxygen atoms in total. The zero-order chi connectivity index (χ0) is 15.4. The highest BCUT2D eigenvalue weighted by Crippen LogP contribution is 2.38. The SMILES string of the molecule is CNc1nc(-c2ccc(OC)cc2F)c(C(C)CCN)s1. The van der Waals surface area contributed by atoms with Crippen LogP contribution in [0.5, 0.6) is 5.75 Å². The maximum atomic E-state index is 14.3. The molecule has 0 fully saturated rings. The van der Waals surface area contributed by atoms with Gasteiger partial charge in [-0.15, -0.1) is 11.3 Å². The van der Waals surface area contributed by atoms with Gasteiger partial charge >= 0.3 is 0 Å². The third-order valence-corrected chi connectivity index (χ3v) is 4.65. The summed E-state index contributed by atoms with van der Waals surface area (Å²) in [4.78, 5) is 5.55. The number of halogens is 1. The smallest absolute Gasteiger partial charge is 0.183 e. The quantitative estimate of drug-likeness (QED) is 0.858. The normalized spacial score (nSPS) is 12.2. The van der Waals surface area contributed by atoms with Gasteiger partial charge in [-0.25, -0.2) is 9.37 Å². The number of methoxy groups -OCH3 is 1. The average molecular weight is 309 g/mol. The molecule has 0 aliphatic carbocycles. The number of aromatic nitrogens is 1. The van der Waals surface area contributed by atoms with Gasteiger partial charge in [0.1, 0.15) is 11.6 Å². The fourth-order valence-electron chi connectivity index (χ4n) is 2.16. The molecule has 6 heteroatoms. The second kappa shape index (κ2) is 6.87. The predicted molar refractivity (Wildman–Crippen MR) is 85.7 cm³/mol. The van der Waals surface area contributed by atoms with Gasteiger partial charge in [0.15, 0.2) is 5.13 Å². The molecule has 114 valence electrons. The lowest BCUT2D eigenvalue weighted by atomic mass is 10.0. The fraction of sp³-hybridized carbons (Fsp3) is 0.400. The number of anilines is 1. The fourth-order valence-corrected chi connectivity index (χ4v) is 3.18. The summed E-state index contributed by atoms with van der Waals surface area (Å²) in [5, 5.41) is 3.80. The molecule has 0 amide bonds. The minimum atomic E-state index is -0.330. The van der Waals surface area contributed by atoms with Gasteiger partial charge in [-0.05, 0) is 31.0 Å². The highest BCUT2D eigenvalue weighted by atomic mass is 32.1. The van der Waals surface area contributed by atoms with Gasteiger partial charge in [0.05, 0.1) is 12.8 Å². The molecule has 21 heavy (non-hydrogen) atoms.